The maximum Gasteiger partial charge on any atom is 0.367 e. The van der Waals surface area contributed by atoms with E-state index in [2.05, 4.69) is 10.5 Å². The molecule has 33 heavy (non-hydrogen) atoms. The maximum atomic E-state index is 14.6. The number of methoxy groups -OCH3 is 2. The Balaban J connectivity index is 1.85. The predicted octanol–water partition coefficient (Wildman–Crippen LogP) is 5.50. The lowest BCUT2D eigenvalue weighted by Gasteiger charge is -2.31. The molecule has 1 unspecified atom stereocenters. The number of nitrogens with one attached hydrogen (secondary N) is 1. The summed E-state index contributed by atoms with van der Waals surface area (Å²) in [7, 11) is 2.93. The van der Waals surface area contributed by atoms with E-state index in [0.717, 1.165) is 0 Å². The highest BCUT2D eigenvalue weighted by molar-refractivity contribution is 6.34. The second-order valence-electron chi connectivity index (χ2n) is 7.43. The fourth-order valence-corrected chi connectivity index (χ4v) is 4.21. The fourth-order valence-electron chi connectivity index (χ4n) is 3.48. The van der Waals surface area contributed by atoms with Crippen LogP contribution in [0, 0.1) is 6.92 Å². The van der Waals surface area contributed by atoms with Crippen molar-refractivity contribution in [1.82, 2.24) is 5.32 Å². The first-order chi connectivity index (χ1) is 15.5. The zero-order valence-corrected chi connectivity index (χ0v) is 20.2. The van der Waals surface area contributed by atoms with E-state index in [1.54, 1.807) is 25.1 Å². The average molecular weight is 522 g/mol. The van der Waals surface area contributed by atoms with Crippen LogP contribution in [0.3, 0.4) is 0 Å². The van der Waals surface area contributed by atoms with Crippen LogP contribution in [0.2, 0.25) is 10.0 Å². The molecule has 3 rings (SSSR count). The van der Waals surface area contributed by atoms with Gasteiger partial charge in [0.15, 0.2) is 6.29 Å². The average Bonchev–Trinajstić information content (AvgIpc) is 3.20. The van der Waals surface area contributed by atoms with Gasteiger partial charge >= 0.3 is 5.38 Å². The predicted molar refractivity (Wildman–Crippen MR) is 122 cm³/mol. The summed E-state index contributed by atoms with van der Waals surface area (Å²) >= 11 is 17.5. The van der Waals surface area contributed by atoms with Crippen LogP contribution in [0.15, 0.2) is 41.6 Å². The van der Waals surface area contributed by atoms with Crippen LogP contribution in [0.25, 0.3) is 0 Å². The Morgan fingerprint density at radius 1 is 1.21 bits per heavy atom. The number of aryl methyl sites for hydroxylation is 1. The molecule has 0 aliphatic carbocycles. The van der Waals surface area contributed by atoms with Crippen LogP contribution in [0.4, 0.5) is 8.78 Å². The van der Waals surface area contributed by atoms with Gasteiger partial charge in [0.1, 0.15) is 0 Å². The van der Waals surface area contributed by atoms with Crippen molar-refractivity contribution in [3.63, 3.8) is 0 Å². The Labute approximate surface area is 204 Å². The van der Waals surface area contributed by atoms with Gasteiger partial charge in [0.25, 0.3) is 5.91 Å². The van der Waals surface area contributed by atoms with Crippen LogP contribution >= 0.6 is 34.8 Å². The van der Waals surface area contributed by atoms with Crippen molar-refractivity contribution >= 4 is 46.4 Å². The number of halogens is 5. The van der Waals surface area contributed by atoms with E-state index < -0.39 is 17.3 Å². The van der Waals surface area contributed by atoms with Gasteiger partial charge in [0.05, 0.1) is 12.3 Å². The van der Waals surface area contributed by atoms with Gasteiger partial charge < -0.3 is 19.6 Å². The van der Waals surface area contributed by atoms with Gasteiger partial charge in [-0.1, -0.05) is 34.4 Å². The van der Waals surface area contributed by atoms with Crippen LogP contribution in [0.5, 0.6) is 0 Å². The summed E-state index contributed by atoms with van der Waals surface area (Å²) < 4.78 is 39.3. The van der Waals surface area contributed by atoms with Crippen LogP contribution < -0.4 is 5.32 Å². The van der Waals surface area contributed by atoms with E-state index in [1.165, 1.54) is 32.4 Å². The highest BCUT2D eigenvalue weighted by Gasteiger charge is 2.60. The highest BCUT2D eigenvalue weighted by atomic mass is 35.5. The number of nitrogens with zero attached hydrogens (tertiary/aromatic N) is 1. The number of rotatable bonds is 8. The molecule has 1 aliphatic heterocycles. The molecule has 0 aromatic heterocycles. The number of hydrogen-bond donors (Lipinski definition) is 1. The van der Waals surface area contributed by atoms with Crippen molar-refractivity contribution in [1.29, 1.82) is 0 Å². The molecule has 1 atom stereocenters. The number of benzene rings is 2. The van der Waals surface area contributed by atoms with E-state index in [4.69, 9.17) is 49.1 Å². The molecule has 11 heteroatoms. The summed E-state index contributed by atoms with van der Waals surface area (Å²) in [5.74, 6) is -0.335. The molecular formula is C22H21Cl3F2N2O4. The Hall–Kier alpha value is -1.97. The van der Waals surface area contributed by atoms with Gasteiger partial charge in [0, 0.05) is 41.8 Å². The van der Waals surface area contributed by atoms with Gasteiger partial charge in [0.2, 0.25) is 5.60 Å². The monoisotopic (exact) mass is 520 g/mol. The minimum Gasteiger partial charge on any atom is -0.376 e. The summed E-state index contributed by atoms with van der Waals surface area (Å²) in [4.78, 5) is 17.8. The van der Waals surface area contributed by atoms with Gasteiger partial charge in [-0.15, -0.1) is 0 Å². The number of ether oxygens (including phenoxy) is 2. The molecule has 1 N–H and O–H groups in total. The molecule has 1 aliphatic rings. The van der Waals surface area contributed by atoms with Crippen molar-refractivity contribution in [2.45, 2.75) is 30.6 Å². The molecule has 0 radical (unpaired) electrons. The maximum absolute atomic E-state index is 14.6. The topological polar surface area (TPSA) is 69.2 Å². The van der Waals surface area contributed by atoms with Crippen molar-refractivity contribution in [3.05, 3.63) is 68.7 Å². The Kier molecular flexibility index (Phi) is 7.86. The number of oxime groups is 1. The van der Waals surface area contributed by atoms with Gasteiger partial charge in [-0.2, -0.15) is 8.78 Å². The molecule has 178 valence electrons. The first kappa shape index (κ1) is 25.6. The van der Waals surface area contributed by atoms with E-state index in [-0.39, 0.29) is 40.2 Å². The second kappa shape index (κ2) is 10.1. The third kappa shape index (κ3) is 5.41. The summed E-state index contributed by atoms with van der Waals surface area (Å²) in [5, 5.41) is 3.10. The summed E-state index contributed by atoms with van der Waals surface area (Å²) in [6, 6.07) is 8.88. The van der Waals surface area contributed by atoms with Gasteiger partial charge in [-0.25, -0.2) is 0 Å². The zero-order valence-electron chi connectivity index (χ0n) is 17.9. The van der Waals surface area contributed by atoms with Crippen LogP contribution in [-0.2, 0) is 19.9 Å². The lowest BCUT2D eigenvalue weighted by Crippen LogP contribution is -2.42. The molecule has 0 fully saturated rings. The number of alkyl halides is 3. The normalized spacial score (nSPS) is 18.3. The standard InChI is InChI=1S/C22H21Cl3F2N2O4/c1-12-6-13(4-5-17(12)20(30)28-11-19(31-2)32-3)18-10-21(33-29-18,22(25,26)27)14-7-15(23)9-16(24)8-14/h4-9,19H,10-11H2,1-3H3,(H,28,30). The molecule has 0 saturated carbocycles. The molecular weight excluding hydrogens is 501 g/mol. The van der Waals surface area contributed by atoms with Gasteiger partial charge in [-0.3, -0.25) is 4.79 Å². The van der Waals surface area contributed by atoms with Crippen molar-refractivity contribution in [2.75, 3.05) is 20.8 Å². The molecule has 6 nitrogen and oxygen atoms in total. The molecule has 1 amide bonds. The number of carbonyl (C=O) groups excluding carboxylic acids is 1. The Morgan fingerprint density at radius 3 is 2.39 bits per heavy atom. The second-order valence-corrected chi connectivity index (χ2v) is 8.78. The lowest BCUT2D eigenvalue weighted by atomic mass is 9.86. The molecule has 2 aromatic rings. The lowest BCUT2D eigenvalue weighted by molar-refractivity contribution is -0.155. The SMILES string of the molecule is COC(CNC(=O)c1ccc(C2=NOC(c3cc(Cl)cc(Cl)c3)(C(F)(F)Cl)C2)cc1C)OC. The largest absolute Gasteiger partial charge is 0.376 e. The number of hydrogen-bond acceptors (Lipinski definition) is 5. The number of amides is 1. The minimum atomic E-state index is -3.82. The molecule has 2 aromatic carbocycles. The van der Waals surface area contributed by atoms with E-state index in [9.17, 15) is 13.6 Å². The Morgan fingerprint density at radius 2 is 1.85 bits per heavy atom. The smallest absolute Gasteiger partial charge is 0.367 e. The summed E-state index contributed by atoms with van der Waals surface area (Å²) in [5.41, 5.74) is -0.540. The van der Waals surface area contributed by atoms with Gasteiger partial charge in [-0.05, 0) is 60.0 Å². The summed E-state index contributed by atoms with van der Waals surface area (Å²) in [6.07, 6.45) is -0.919. The van der Waals surface area contributed by atoms with Crippen molar-refractivity contribution in [2.24, 2.45) is 5.16 Å². The van der Waals surface area contributed by atoms with E-state index in [1.807, 2.05) is 0 Å². The molecule has 0 saturated heterocycles. The molecule has 0 spiro atoms. The third-order valence-electron chi connectivity index (χ3n) is 5.27. The minimum absolute atomic E-state index is 0.00249. The highest BCUT2D eigenvalue weighted by Crippen LogP contribution is 2.51. The van der Waals surface area contributed by atoms with Crippen molar-refractivity contribution in [3.8, 4) is 0 Å². The fraction of sp³-hybridized carbons (Fsp3) is 0.364. The molecule has 0 bridgehead atoms. The third-order valence-corrected chi connectivity index (χ3v) is 6.02. The Bertz CT molecular complexity index is 1050. The first-order valence-corrected chi connectivity index (χ1v) is 10.9. The summed E-state index contributed by atoms with van der Waals surface area (Å²) in [6.45, 7) is 1.88. The molecule has 1 heterocycles. The van der Waals surface area contributed by atoms with Crippen LogP contribution in [0.1, 0.15) is 33.5 Å². The number of carbonyl (C=O) groups is 1. The first-order valence-electron chi connectivity index (χ1n) is 9.74. The van der Waals surface area contributed by atoms with E-state index in [0.29, 0.717) is 16.7 Å². The van der Waals surface area contributed by atoms with Crippen molar-refractivity contribution < 1.29 is 27.9 Å². The quantitative estimate of drug-likeness (QED) is 0.368. The van der Waals surface area contributed by atoms with E-state index >= 15 is 0 Å². The zero-order chi connectivity index (χ0) is 24.4. The van der Waals surface area contributed by atoms with Crippen LogP contribution in [-0.4, -0.2) is 44.1 Å².